The maximum atomic E-state index is 14.0. The molecule has 0 spiro atoms. The average Bonchev–Trinajstić information content (AvgIpc) is 3.49. The van der Waals surface area contributed by atoms with E-state index in [1.165, 1.54) is 6.07 Å². The minimum Gasteiger partial charge on any atom is -0.368 e. The zero-order valence-electron chi connectivity index (χ0n) is 19.3. The Labute approximate surface area is 201 Å². The molecule has 0 amide bonds. The van der Waals surface area contributed by atoms with E-state index in [0.29, 0.717) is 12.4 Å². The van der Waals surface area contributed by atoms with Gasteiger partial charge in [0.1, 0.15) is 24.2 Å². The largest absolute Gasteiger partial charge is 0.368 e. The van der Waals surface area contributed by atoms with Crippen molar-refractivity contribution >= 4 is 28.0 Å². The number of aromatic nitrogens is 6. The van der Waals surface area contributed by atoms with Crippen molar-refractivity contribution in [1.82, 2.24) is 29.1 Å². The van der Waals surface area contributed by atoms with Crippen LogP contribution in [0.2, 0.25) is 0 Å². The molecule has 8 nitrogen and oxygen atoms in total. The topological polar surface area (TPSA) is 82.7 Å². The van der Waals surface area contributed by atoms with E-state index in [-0.39, 0.29) is 12.0 Å². The molecule has 9 heteroatoms. The number of aryl methyl sites for hydroxylation is 1. The third-order valence-electron chi connectivity index (χ3n) is 6.39. The SMILES string of the molecule is Fc1ccc2nc(CCCNc3ncnc4c3ncn4C3CCCCO3)n(-c3ccccc3)c2c1. The number of para-hydroxylation sites is 1. The van der Waals surface area contributed by atoms with E-state index in [1.807, 2.05) is 39.5 Å². The van der Waals surface area contributed by atoms with Crippen molar-refractivity contribution in [3.63, 3.8) is 0 Å². The average molecular weight is 472 g/mol. The molecule has 0 radical (unpaired) electrons. The number of fused-ring (bicyclic) bond motifs is 2. The quantitative estimate of drug-likeness (QED) is 0.335. The van der Waals surface area contributed by atoms with Crippen LogP contribution in [-0.4, -0.2) is 42.2 Å². The van der Waals surface area contributed by atoms with Crippen LogP contribution in [0.1, 0.15) is 37.7 Å². The standard InChI is InChI=1S/C26H26FN7O/c27-18-11-12-20-21(15-18)34(19-7-2-1-3-8-19)22(32-20)9-6-13-28-25-24-26(30-16-29-25)33(17-31-24)23-10-4-5-14-35-23/h1-3,7-8,11-12,15-17,23H,4-6,9-10,13-14H2,(H,28,29,30). The van der Waals surface area contributed by atoms with Crippen LogP contribution in [0, 0.1) is 5.82 Å². The minimum absolute atomic E-state index is 0.0210. The van der Waals surface area contributed by atoms with Gasteiger partial charge in [-0.1, -0.05) is 18.2 Å². The van der Waals surface area contributed by atoms with E-state index in [9.17, 15) is 4.39 Å². The number of imidazole rings is 2. The number of rotatable bonds is 7. The summed E-state index contributed by atoms with van der Waals surface area (Å²) in [5.41, 5.74) is 4.05. The number of hydrogen-bond acceptors (Lipinski definition) is 6. The zero-order chi connectivity index (χ0) is 23.6. The van der Waals surface area contributed by atoms with Crippen LogP contribution in [0.25, 0.3) is 27.9 Å². The van der Waals surface area contributed by atoms with Crippen molar-refractivity contribution in [3.8, 4) is 5.69 Å². The van der Waals surface area contributed by atoms with Crippen LogP contribution >= 0.6 is 0 Å². The van der Waals surface area contributed by atoms with Gasteiger partial charge >= 0.3 is 0 Å². The predicted octanol–water partition coefficient (Wildman–Crippen LogP) is 5.05. The Morgan fingerprint density at radius 2 is 1.97 bits per heavy atom. The van der Waals surface area contributed by atoms with Crippen LogP contribution < -0.4 is 5.32 Å². The normalized spacial score (nSPS) is 16.2. The van der Waals surface area contributed by atoms with Crippen LogP contribution in [-0.2, 0) is 11.2 Å². The number of nitrogens with one attached hydrogen (secondary N) is 1. The Kier molecular flexibility index (Phi) is 5.83. The van der Waals surface area contributed by atoms with Gasteiger partial charge in [-0.2, -0.15) is 0 Å². The number of nitrogens with zero attached hydrogens (tertiary/aromatic N) is 6. The van der Waals surface area contributed by atoms with E-state index in [2.05, 4.69) is 20.3 Å². The van der Waals surface area contributed by atoms with E-state index in [4.69, 9.17) is 9.72 Å². The Hall–Kier alpha value is -3.85. The fourth-order valence-electron chi connectivity index (χ4n) is 4.72. The van der Waals surface area contributed by atoms with Gasteiger partial charge in [-0.25, -0.2) is 24.3 Å². The molecule has 1 atom stereocenters. The van der Waals surface area contributed by atoms with Crippen LogP contribution in [0.3, 0.4) is 0 Å². The molecule has 1 N–H and O–H groups in total. The smallest absolute Gasteiger partial charge is 0.167 e. The molecular weight excluding hydrogens is 445 g/mol. The minimum atomic E-state index is -0.270. The summed E-state index contributed by atoms with van der Waals surface area (Å²) in [6.45, 7) is 1.45. The highest BCUT2D eigenvalue weighted by Crippen LogP contribution is 2.27. The highest BCUT2D eigenvalue weighted by atomic mass is 19.1. The molecule has 1 unspecified atom stereocenters. The van der Waals surface area contributed by atoms with Crippen molar-refractivity contribution in [1.29, 1.82) is 0 Å². The molecule has 178 valence electrons. The third-order valence-corrected chi connectivity index (χ3v) is 6.39. The fourth-order valence-corrected chi connectivity index (χ4v) is 4.72. The monoisotopic (exact) mass is 471 g/mol. The number of ether oxygens (including phenoxy) is 1. The Balaban J connectivity index is 1.19. The number of benzene rings is 2. The van der Waals surface area contributed by atoms with Gasteiger partial charge in [0.15, 0.2) is 17.0 Å². The third kappa shape index (κ3) is 4.23. The van der Waals surface area contributed by atoms with Gasteiger partial charge in [-0.05, 0) is 49.9 Å². The lowest BCUT2D eigenvalue weighted by molar-refractivity contribution is -0.0298. The summed E-state index contributed by atoms with van der Waals surface area (Å²) in [4.78, 5) is 18.2. The first-order valence-corrected chi connectivity index (χ1v) is 12.0. The first-order valence-electron chi connectivity index (χ1n) is 12.0. The van der Waals surface area contributed by atoms with Gasteiger partial charge in [0, 0.05) is 31.3 Å². The van der Waals surface area contributed by atoms with E-state index < -0.39 is 0 Å². The van der Waals surface area contributed by atoms with Gasteiger partial charge < -0.3 is 10.1 Å². The zero-order valence-corrected chi connectivity index (χ0v) is 19.3. The number of anilines is 1. The highest BCUT2D eigenvalue weighted by molar-refractivity contribution is 5.82. The van der Waals surface area contributed by atoms with Crippen molar-refractivity contribution in [2.45, 2.75) is 38.3 Å². The second-order valence-electron chi connectivity index (χ2n) is 8.73. The van der Waals surface area contributed by atoms with Gasteiger partial charge in [0.05, 0.1) is 17.4 Å². The first kappa shape index (κ1) is 21.7. The Morgan fingerprint density at radius 1 is 1.06 bits per heavy atom. The molecule has 1 aliphatic heterocycles. The molecule has 1 saturated heterocycles. The van der Waals surface area contributed by atoms with Crippen LogP contribution in [0.4, 0.5) is 10.2 Å². The van der Waals surface area contributed by atoms with E-state index >= 15 is 0 Å². The molecule has 1 aliphatic rings. The van der Waals surface area contributed by atoms with Gasteiger partial charge in [-0.15, -0.1) is 0 Å². The molecule has 6 rings (SSSR count). The molecule has 0 aliphatic carbocycles. The lowest BCUT2D eigenvalue weighted by Gasteiger charge is -2.23. The van der Waals surface area contributed by atoms with Crippen LogP contribution in [0.15, 0.2) is 61.2 Å². The molecule has 5 aromatic rings. The van der Waals surface area contributed by atoms with Gasteiger partial charge in [0.2, 0.25) is 0 Å². The first-order chi connectivity index (χ1) is 17.3. The summed E-state index contributed by atoms with van der Waals surface area (Å²) >= 11 is 0. The second-order valence-corrected chi connectivity index (χ2v) is 8.73. The van der Waals surface area contributed by atoms with E-state index in [1.54, 1.807) is 24.8 Å². The van der Waals surface area contributed by atoms with E-state index in [0.717, 1.165) is 72.4 Å². The summed E-state index contributed by atoms with van der Waals surface area (Å²) in [5.74, 6) is 1.34. The molecule has 3 aromatic heterocycles. The maximum absolute atomic E-state index is 14.0. The van der Waals surface area contributed by atoms with Gasteiger partial charge in [0.25, 0.3) is 0 Å². The lowest BCUT2D eigenvalue weighted by atomic mass is 10.2. The number of hydrogen-bond donors (Lipinski definition) is 1. The summed E-state index contributed by atoms with van der Waals surface area (Å²) in [6.07, 6.45) is 8.07. The molecule has 1 fully saturated rings. The molecule has 0 bridgehead atoms. The molecular formula is C26H26FN7O. The predicted molar refractivity (Wildman–Crippen MR) is 132 cm³/mol. The Bertz CT molecular complexity index is 1460. The summed E-state index contributed by atoms with van der Waals surface area (Å²) in [7, 11) is 0. The summed E-state index contributed by atoms with van der Waals surface area (Å²) < 4.78 is 24.0. The molecule has 2 aromatic carbocycles. The van der Waals surface area contributed by atoms with Crippen molar-refractivity contribution in [2.75, 3.05) is 18.5 Å². The van der Waals surface area contributed by atoms with Crippen molar-refractivity contribution < 1.29 is 9.13 Å². The molecule has 35 heavy (non-hydrogen) atoms. The fraction of sp³-hybridized carbons (Fsp3) is 0.308. The number of halogens is 1. The summed E-state index contributed by atoms with van der Waals surface area (Å²) in [6, 6.07) is 14.7. The lowest BCUT2D eigenvalue weighted by Crippen LogP contribution is -2.17. The Morgan fingerprint density at radius 3 is 2.83 bits per heavy atom. The van der Waals surface area contributed by atoms with Gasteiger partial charge in [-0.3, -0.25) is 9.13 Å². The van der Waals surface area contributed by atoms with Crippen molar-refractivity contribution in [2.24, 2.45) is 0 Å². The van der Waals surface area contributed by atoms with Crippen LogP contribution in [0.5, 0.6) is 0 Å². The molecule has 4 heterocycles. The second kappa shape index (κ2) is 9.42. The maximum Gasteiger partial charge on any atom is 0.167 e. The summed E-state index contributed by atoms with van der Waals surface area (Å²) in [5, 5.41) is 3.41. The molecule has 0 saturated carbocycles. The highest BCUT2D eigenvalue weighted by Gasteiger charge is 2.20. The van der Waals surface area contributed by atoms with Crippen molar-refractivity contribution in [3.05, 3.63) is 72.8 Å².